The Bertz CT molecular complexity index is 1310. The van der Waals surface area contributed by atoms with Crippen LogP contribution in [0.25, 0.3) is 0 Å². The zero-order valence-corrected chi connectivity index (χ0v) is 26.2. The van der Waals surface area contributed by atoms with Crippen molar-refractivity contribution in [2.45, 2.75) is 77.0 Å². The molecule has 1 heterocycles. The molecule has 1 aromatic rings. The van der Waals surface area contributed by atoms with Crippen molar-refractivity contribution in [3.05, 3.63) is 39.9 Å². The van der Waals surface area contributed by atoms with Gasteiger partial charge < -0.3 is 38.6 Å². The number of amides is 1. The first-order chi connectivity index (χ1) is 20.9. The molecule has 250 valence electrons. The Morgan fingerprint density at radius 2 is 1.73 bits per heavy atom. The lowest BCUT2D eigenvalue weighted by molar-refractivity contribution is -0.384. The van der Waals surface area contributed by atoms with Gasteiger partial charge in [-0.05, 0) is 17.7 Å². The standard InChI is InChI=1S/C26H35N2O16P/c1-14(29)27-22-20(41-16(3)31)11-26(25(33)38-5,40-12-18-7-9-19(10-8-18)28(34)35)43-24(22)23(42-17(4)32)21(13-39-15(2)30)44-45(6,36)37/h7-10,20-24H,11-13H2,1-6H3,(H,27,29)(H,36,37)/t20-,21+,22+,23+,24+,26+/m0/s1. The molecule has 45 heavy (non-hydrogen) atoms. The van der Waals surface area contributed by atoms with Gasteiger partial charge in [-0.25, -0.2) is 4.79 Å². The first kappa shape index (κ1) is 37.2. The van der Waals surface area contributed by atoms with Crippen LogP contribution in [-0.2, 0) is 68.1 Å². The molecule has 1 unspecified atom stereocenters. The third-order valence-corrected chi connectivity index (χ3v) is 6.79. The van der Waals surface area contributed by atoms with Crippen LogP contribution in [-0.4, -0.2) is 96.2 Å². The van der Waals surface area contributed by atoms with E-state index >= 15 is 0 Å². The summed E-state index contributed by atoms with van der Waals surface area (Å²) in [6.07, 6.45) is -7.39. The first-order valence-electron chi connectivity index (χ1n) is 13.2. The minimum Gasteiger partial charge on any atom is -0.465 e. The molecule has 1 saturated heterocycles. The second-order valence-corrected chi connectivity index (χ2v) is 11.8. The Morgan fingerprint density at radius 1 is 1.11 bits per heavy atom. The lowest BCUT2D eigenvalue weighted by Gasteiger charge is -2.48. The van der Waals surface area contributed by atoms with E-state index in [0.717, 1.165) is 41.5 Å². The Hall–Kier alpha value is -3.96. The molecule has 2 N–H and O–H groups in total. The van der Waals surface area contributed by atoms with Crippen molar-refractivity contribution in [1.82, 2.24) is 5.32 Å². The van der Waals surface area contributed by atoms with Crippen LogP contribution in [0.15, 0.2) is 24.3 Å². The number of hydrogen-bond acceptors (Lipinski definition) is 15. The van der Waals surface area contributed by atoms with Crippen LogP contribution >= 0.6 is 7.60 Å². The molecule has 0 radical (unpaired) electrons. The minimum atomic E-state index is -4.42. The summed E-state index contributed by atoms with van der Waals surface area (Å²) < 4.78 is 50.4. The van der Waals surface area contributed by atoms with Gasteiger partial charge in [-0.2, -0.15) is 0 Å². The molecule has 1 fully saturated rings. The van der Waals surface area contributed by atoms with Crippen LogP contribution in [0.5, 0.6) is 0 Å². The van der Waals surface area contributed by atoms with Crippen molar-refractivity contribution in [1.29, 1.82) is 0 Å². The Kier molecular flexibility index (Phi) is 13.1. The summed E-state index contributed by atoms with van der Waals surface area (Å²) in [7, 11) is -3.42. The number of nitro groups is 1. The van der Waals surface area contributed by atoms with E-state index in [0.29, 0.717) is 5.56 Å². The number of rotatable bonds is 14. The SMILES string of the molecule is COC(=O)[C@@]1(OCc2ccc([N+](=O)[O-])cc2)C[C@H](OC(C)=O)[C@@H](NC(C)=O)[C@H]([C@H](OC(C)=O)[C@@H](COC(C)=O)OP(C)(=O)O)O1. The number of esters is 4. The molecule has 7 atom stereocenters. The van der Waals surface area contributed by atoms with Crippen molar-refractivity contribution in [3.63, 3.8) is 0 Å². The van der Waals surface area contributed by atoms with E-state index in [1.807, 2.05) is 0 Å². The predicted molar refractivity (Wildman–Crippen MR) is 148 cm³/mol. The average Bonchev–Trinajstić information content (AvgIpc) is 2.92. The fraction of sp³-hybridized carbons (Fsp3) is 0.577. The van der Waals surface area contributed by atoms with Crippen molar-refractivity contribution >= 4 is 43.1 Å². The Morgan fingerprint density at radius 3 is 2.20 bits per heavy atom. The summed E-state index contributed by atoms with van der Waals surface area (Å²) in [5.41, 5.74) is 0.112. The molecule has 0 saturated carbocycles. The number of methoxy groups -OCH3 is 1. The summed E-state index contributed by atoms with van der Waals surface area (Å²) in [5, 5.41) is 13.6. The molecule has 0 spiro atoms. The number of nitrogens with zero attached hydrogens (tertiary/aromatic N) is 1. The van der Waals surface area contributed by atoms with Crippen LogP contribution in [0.3, 0.4) is 0 Å². The number of nitrogens with one attached hydrogen (secondary N) is 1. The molecule has 0 bridgehead atoms. The van der Waals surface area contributed by atoms with Gasteiger partial charge in [-0.1, -0.05) is 0 Å². The van der Waals surface area contributed by atoms with E-state index < -0.39 is 98.2 Å². The summed E-state index contributed by atoms with van der Waals surface area (Å²) in [6.45, 7) is 3.76. The van der Waals surface area contributed by atoms with Gasteiger partial charge >= 0.3 is 31.5 Å². The van der Waals surface area contributed by atoms with E-state index in [1.54, 1.807) is 0 Å². The molecule has 0 aliphatic carbocycles. The zero-order chi connectivity index (χ0) is 34.1. The number of ether oxygens (including phenoxy) is 6. The number of benzene rings is 1. The smallest absolute Gasteiger partial charge is 0.366 e. The summed E-state index contributed by atoms with van der Waals surface area (Å²) in [6, 6.07) is 3.65. The van der Waals surface area contributed by atoms with Gasteiger partial charge in [0.2, 0.25) is 5.91 Å². The molecule has 0 aromatic heterocycles. The maximum Gasteiger partial charge on any atom is 0.366 e. The minimum absolute atomic E-state index is 0.219. The highest BCUT2D eigenvalue weighted by Gasteiger charge is 2.59. The quantitative estimate of drug-likeness (QED) is 0.0924. The average molecular weight is 663 g/mol. The lowest BCUT2D eigenvalue weighted by Crippen LogP contribution is -2.69. The second-order valence-electron chi connectivity index (χ2n) is 9.94. The second kappa shape index (κ2) is 15.9. The molecular weight excluding hydrogens is 627 g/mol. The monoisotopic (exact) mass is 662 g/mol. The van der Waals surface area contributed by atoms with Crippen molar-refractivity contribution in [3.8, 4) is 0 Å². The van der Waals surface area contributed by atoms with Crippen molar-refractivity contribution in [2.24, 2.45) is 0 Å². The van der Waals surface area contributed by atoms with E-state index in [1.165, 1.54) is 24.3 Å². The predicted octanol–water partition coefficient (Wildman–Crippen LogP) is 0.901. The van der Waals surface area contributed by atoms with Gasteiger partial charge in [-0.15, -0.1) is 0 Å². The molecular formula is C26H35N2O16P. The molecule has 18 nitrogen and oxygen atoms in total. The van der Waals surface area contributed by atoms with Crippen molar-refractivity contribution in [2.75, 3.05) is 20.4 Å². The Balaban J connectivity index is 2.73. The Labute approximate surface area is 257 Å². The molecule has 1 aromatic carbocycles. The normalized spacial score (nSPS) is 23.8. The largest absolute Gasteiger partial charge is 0.465 e. The van der Waals surface area contributed by atoms with Crippen LogP contribution in [0, 0.1) is 10.1 Å². The maximum atomic E-state index is 13.3. The molecule has 1 aliphatic rings. The maximum absolute atomic E-state index is 13.3. The highest BCUT2D eigenvalue weighted by atomic mass is 31.2. The number of nitro benzene ring substituents is 1. The topological polar surface area (TPSA) is 242 Å². The third kappa shape index (κ3) is 11.2. The highest BCUT2D eigenvalue weighted by Crippen LogP contribution is 2.42. The highest BCUT2D eigenvalue weighted by molar-refractivity contribution is 7.51. The van der Waals surface area contributed by atoms with E-state index in [4.69, 9.17) is 32.9 Å². The number of carbonyl (C=O) groups is 5. The fourth-order valence-corrected chi connectivity index (χ4v) is 5.17. The summed E-state index contributed by atoms with van der Waals surface area (Å²) in [5.74, 6) is -7.02. The van der Waals surface area contributed by atoms with Gasteiger partial charge in [-0.3, -0.25) is 38.4 Å². The van der Waals surface area contributed by atoms with Gasteiger partial charge in [0.15, 0.2) is 6.10 Å². The number of carbonyl (C=O) groups excluding carboxylic acids is 5. The number of non-ortho nitro benzene ring substituents is 1. The zero-order valence-electron chi connectivity index (χ0n) is 25.3. The van der Waals surface area contributed by atoms with Gasteiger partial charge in [0, 0.05) is 46.5 Å². The molecule has 2 rings (SSSR count). The van der Waals surface area contributed by atoms with Crippen molar-refractivity contribution < 1.29 is 71.3 Å². The summed E-state index contributed by atoms with van der Waals surface area (Å²) >= 11 is 0. The lowest BCUT2D eigenvalue weighted by atomic mass is 9.88. The summed E-state index contributed by atoms with van der Waals surface area (Å²) in [4.78, 5) is 82.3. The molecule has 1 aliphatic heterocycles. The van der Waals surface area contributed by atoms with Crippen LogP contribution in [0.1, 0.15) is 39.7 Å². The third-order valence-electron chi connectivity index (χ3n) is 6.13. The van der Waals surface area contributed by atoms with E-state index in [9.17, 15) is 43.5 Å². The first-order valence-corrected chi connectivity index (χ1v) is 15.3. The van der Waals surface area contributed by atoms with E-state index in [-0.39, 0.29) is 5.69 Å². The van der Waals surface area contributed by atoms with Crippen LogP contribution in [0.4, 0.5) is 5.69 Å². The van der Waals surface area contributed by atoms with E-state index in [2.05, 4.69) is 5.32 Å². The molecule has 1 amide bonds. The van der Waals surface area contributed by atoms with Gasteiger partial charge in [0.25, 0.3) is 11.5 Å². The fourth-order valence-electron chi connectivity index (χ4n) is 4.49. The number of hydrogen-bond donors (Lipinski definition) is 2. The van der Waals surface area contributed by atoms with Gasteiger partial charge in [0.1, 0.15) is 24.9 Å². The van der Waals surface area contributed by atoms with Crippen LogP contribution < -0.4 is 5.32 Å². The molecule has 19 heteroatoms. The van der Waals surface area contributed by atoms with Gasteiger partial charge in [0.05, 0.1) is 31.1 Å². The van der Waals surface area contributed by atoms with Crippen LogP contribution in [0.2, 0.25) is 0 Å².